The maximum atomic E-state index is 11.0. The first kappa shape index (κ1) is 10.4. The van der Waals surface area contributed by atoms with Crippen LogP contribution in [-0.2, 0) is 6.42 Å². The summed E-state index contributed by atoms with van der Waals surface area (Å²) in [7, 11) is 0. The standard InChI is InChI=1S/C11H11BrN2O/c1-2-4-9-10(7-15)14-6-3-5-8(12)11(14)13-9/h3,5-7H,2,4H2,1H3. The lowest BCUT2D eigenvalue weighted by Crippen LogP contribution is -1.94. The highest BCUT2D eigenvalue weighted by molar-refractivity contribution is 9.10. The molecular weight excluding hydrogens is 256 g/mol. The smallest absolute Gasteiger partial charge is 0.168 e. The number of aromatic nitrogens is 2. The second-order valence-electron chi connectivity index (χ2n) is 3.36. The summed E-state index contributed by atoms with van der Waals surface area (Å²) < 4.78 is 2.73. The molecule has 0 radical (unpaired) electrons. The van der Waals surface area contributed by atoms with E-state index in [1.54, 1.807) is 0 Å². The first-order chi connectivity index (χ1) is 7.27. The quantitative estimate of drug-likeness (QED) is 0.801. The molecule has 0 aromatic carbocycles. The van der Waals surface area contributed by atoms with E-state index in [9.17, 15) is 4.79 Å². The van der Waals surface area contributed by atoms with E-state index in [4.69, 9.17) is 0 Å². The molecule has 0 N–H and O–H groups in total. The van der Waals surface area contributed by atoms with Gasteiger partial charge < -0.3 is 0 Å². The fourth-order valence-electron chi connectivity index (χ4n) is 1.65. The number of imidazole rings is 1. The normalized spacial score (nSPS) is 10.8. The van der Waals surface area contributed by atoms with Crippen LogP contribution in [0.15, 0.2) is 22.8 Å². The highest BCUT2D eigenvalue weighted by atomic mass is 79.9. The number of rotatable bonds is 3. The van der Waals surface area contributed by atoms with Crippen LogP contribution in [0.3, 0.4) is 0 Å². The number of nitrogens with zero attached hydrogens (tertiary/aromatic N) is 2. The molecular formula is C11H11BrN2O. The molecule has 2 rings (SSSR count). The molecule has 0 bridgehead atoms. The maximum absolute atomic E-state index is 11.0. The van der Waals surface area contributed by atoms with Gasteiger partial charge in [0.2, 0.25) is 0 Å². The van der Waals surface area contributed by atoms with Crippen LogP contribution in [0.5, 0.6) is 0 Å². The molecule has 2 aromatic rings. The lowest BCUT2D eigenvalue weighted by Gasteiger charge is -1.96. The Kier molecular flexibility index (Phi) is 2.86. The summed E-state index contributed by atoms with van der Waals surface area (Å²) in [6.45, 7) is 2.08. The van der Waals surface area contributed by atoms with Crippen molar-refractivity contribution in [2.75, 3.05) is 0 Å². The van der Waals surface area contributed by atoms with Crippen LogP contribution in [0.25, 0.3) is 5.65 Å². The number of pyridine rings is 1. The molecule has 0 saturated carbocycles. The molecule has 0 fully saturated rings. The van der Waals surface area contributed by atoms with Crippen molar-refractivity contribution in [2.45, 2.75) is 19.8 Å². The van der Waals surface area contributed by atoms with Gasteiger partial charge in [0.05, 0.1) is 10.2 Å². The fraction of sp³-hybridized carbons (Fsp3) is 0.273. The van der Waals surface area contributed by atoms with Crippen LogP contribution in [-0.4, -0.2) is 15.7 Å². The van der Waals surface area contributed by atoms with E-state index in [-0.39, 0.29) is 0 Å². The Hall–Kier alpha value is -1.16. The van der Waals surface area contributed by atoms with Gasteiger partial charge in [0.1, 0.15) is 5.69 Å². The number of hydrogen-bond donors (Lipinski definition) is 0. The van der Waals surface area contributed by atoms with Gasteiger partial charge in [-0.1, -0.05) is 13.3 Å². The lowest BCUT2D eigenvalue weighted by molar-refractivity contribution is 0.111. The average Bonchev–Trinajstić information content (AvgIpc) is 2.58. The number of carbonyl (C=O) groups excluding carboxylic acids is 1. The van der Waals surface area contributed by atoms with Gasteiger partial charge in [0.15, 0.2) is 11.9 Å². The number of hydrogen-bond acceptors (Lipinski definition) is 2. The largest absolute Gasteiger partial charge is 0.296 e. The molecule has 2 heterocycles. The van der Waals surface area contributed by atoms with Crippen LogP contribution in [0, 0.1) is 0 Å². The predicted octanol–water partition coefficient (Wildman–Crippen LogP) is 2.86. The molecule has 0 aliphatic carbocycles. The van der Waals surface area contributed by atoms with Gasteiger partial charge in [-0.2, -0.15) is 0 Å². The summed E-state index contributed by atoms with van der Waals surface area (Å²) in [5, 5.41) is 0. The van der Waals surface area contributed by atoms with Crippen molar-refractivity contribution in [3.63, 3.8) is 0 Å². The van der Waals surface area contributed by atoms with Gasteiger partial charge >= 0.3 is 0 Å². The van der Waals surface area contributed by atoms with Crippen molar-refractivity contribution in [2.24, 2.45) is 0 Å². The molecule has 0 unspecified atom stereocenters. The van der Waals surface area contributed by atoms with Gasteiger partial charge in [-0.3, -0.25) is 9.20 Å². The number of carbonyl (C=O) groups is 1. The van der Waals surface area contributed by atoms with Gasteiger partial charge in [0.25, 0.3) is 0 Å². The van der Waals surface area contributed by atoms with Crippen molar-refractivity contribution >= 4 is 27.9 Å². The number of aldehydes is 1. The van der Waals surface area contributed by atoms with E-state index < -0.39 is 0 Å². The van der Waals surface area contributed by atoms with Gasteiger partial charge in [-0.05, 0) is 34.5 Å². The Morgan fingerprint density at radius 3 is 3.07 bits per heavy atom. The summed E-state index contributed by atoms with van der Waals surface area (Å²) >= 11 is 3.43. The van der Waals surface area contributed by atoms with E-state index in [1.165, 1.54) is 0 Å². The Bertz CT molecular complexity index is 505. The van der Waals surface area contributed by atoms with E-state index in [2.05, 4.69) is 27.8 Å². The molecule has 2 aromatic heterocycles. The van der Waals surface area contributed by atoms with Gasteiger partial charge in [-0.25, -0.2) is 4.98 Å². The Morgan fingerprint density at radius 1 is 1.60 bits per heavy atom. The first-order valence-corrected chi connectivity index (χ1v) is 5.67. The predicted molar refractivity (Wildman–Crippen MR) is 62.3 cm³/mol. The van der Waals surface area contributed by atoms with Crippen LogP contribution in [0.1, 0.15) is 29.5 Å². The molecule has 15 heavy (non-hydrogen) atoms. The van der Waals surface area contributed by atoms with Crippen LogP contribution >= 0.6 is 15.9 Å². The van der Waals surface area contributed by atoms with Crippen molar-refractivity contribution in [1.82, 2.24) is 9.38 Å². The van der Waals surface area contributed by atoms with E-state index in [1.807, 2.05) is 22.7 Å². The molecule has 0 amide bonds. The van der Waals surface area contributed by atoms with Crippen molar-refractivity contribution in [3.05, 3.63) is 34.2 Å². The van der Waals surface area contributed by atoms with Crippen molar-refractivity contribution in [1.29, 1.82) is 0 Å². The molecule has 0 atom stereocenters. The van der Waals surface area contributed by atoms with Crippen molar-refractivity contribution < 1.29 is 4.79 Å². The third kappa shape index (κ3) is 1.69. The van der Waals surface area contributed by atoms with E-state index >= 15 is 0 Å². The monoisotopic (exact) mass is 266 g/mol. The number of fused-ring (bicyclic) bond motifs is 1. The number of aryl methyl sites for hydroxylation is 1. The van der Waals surface area contributed by atoms with Crippen LogP contribution in [0.2, 0.25) is 0 Å². The Labute approximate surface area is 96.3 Å². The molecule has 3 nitrogen and oxygen atoms in total. The van der Waals surface area contributed by atoms with Gasteiger partial charge in [0, 0.05) is 6.20 Å². The second kappa shape index (κ2) is 4.14. The SMILES string of the molecule is CCCc1nc2c(Br)cccn2c1C=O. The Morgan fingerprint density at radius 2 is 2.40 bits per heavy atom. The van der Waals surface area contributed by atoms with E-state index in [0.29, 0.717) is 5.69 Å². The van der Waals surface area contributed by atoms with E-state index in [0.717, 1.165) is 34.9 Å². The summed E-state index contributed by atoms with van der Waals surface area (Å²) in [6.07, 6.45) is 4.55. The molecule has 78 valence electrons. The summed E-state index contributed by atoms with van der Waals surface area (Å²) in [6, 6.07) is 3.81. The second-order valence-corrected chi connectivity index (χ2v) is 4.22. The maximum Gasteiger partial charge on any atom is 0.168 e. The molecule has 0 saturated heterocycles. The zero-order valence-electron chi connectivity index (χ0n) is 8.40. The zero-order chi connectivity index (χ0) is 10.8. The molecule has 0 aliphatic heterocycles. The van der Waals surface area contributed by atoms with Crippen LogP contribution in [0.4, 0.5) is 0 Å². The van der Waals surface area contributed by atoms with Crippen LogP contribution < -0.4 is 0 Å². The topological polar surface area (TPSA) is 34.4 Å². The number of halogens is 1. The highest BCUT2D eigenvalue weighted by Crippen LogP contribution is 2.20. The third-order valence-corrected chi connectivity index (χ3v) is 2.93. The lowest BCUT2D eigenvalue weighted by atomic mass is 10.2. The average molecular weight is 267 g/mol. The summed E-state index contributed by atoms with van der Waals surface area (Å²) in [4.78, 5) is 15.5. The first-order valence-electron chi connectivity index (χ1n) is 4.88. The van der Waals surface area contributed by atoms with Gasteiger partial charge in [-0.15, -0.1) is 0 Å². The molecule has 0 aliphatic rings. The summed E-state index contributed by atoms with van der Waals surface area (Å²) in [5.41, 5.74) is 2.34. The zero-order valence-corrected chi connectivity index (χ0v) is 9.99. The summed E-state index contributed by atoms with van der Waals surface area (Å²) in [5.74, 6) is 0. The minimum Gasteiger partial charge on any atom is -0.296 e. The fourth-order valence-corrected chi connectivity index (χ4v) is 2.08. The highest BCUT2D eigenvalue weighted by Gasteiger charge is 2.11. The minimum atomic E-state index is 0.660. The molecule has 0 spiro atoms. The minimum absolute atomic E-state index is 0.660. The Balaban J connectivity index is 2.72. The molecule has 4 heteroatoms. The third-order valence-electron chi connectivity index (χ3n) is 2.31. The van der Waals surface area contributed by atoms with Crippen molar-refractivity contribution in [3.8, 4) is 0 Å².